The van der Waals surface area contributed by atoms with Crippen LogP contribution in [0.4, 0.5) is 4.39 Å². The topological polar surface area (TPSA) is 36.7 Å². The Labute approximate surface area is 82.0 Å². The monoisotopic (exact) mass is 188 g/mol. The maximum atomic E-state index is 12.9. The Kier molecular flexibility index (Phi) is 3.14. The molecule has 0 saturated carbocycles. The zero-order chi connectivity index (χ0) is 10.6. The maximum Gasteiger partial charge on any atom is 0.125 e. The SMILES string of the molecule is C=Cc1c(CC#N)cncc1C(=C)F. The van der Waals surface area contributed by atoms with Gasteiger partial charge in [-0.05, 0) is 11.1 Å². The Hall–Kier alpha value is -1.95. The molecule has 0 saturated heterocycles. The van der Waals surface area contributed by atoms with Crippen molar-refractivity contribution in [1.82, 2.24) is 4.98 Å². The third-order valence-corrected chi connectivity index (χ3v) is 1.84. The second-order valence-corrected chi connectivity index (χ2v) is 2.70. The first-order valence-electron chi connectivity index (χ1n) is 4.01. The lowest BCUT2D eigenvalue weighted by Gasteiger charge is -2.06. The van der Waals surface area contributed by atoms with Gasteiger partial charge in [0, 0.05) is 18.0 Å². The molecule has 0 atom stereocenters. The fourth-order valence-corrected chi connectivity index (χ4v) is 1.20. The van der Waals surface area contributed by atoms with Gasteiger partial charge in [-0.25, -0.2) is 4.39 Å². The van der Waals surface area contributed by atoms with Gasteiger partial charge in [0.15, 0.2) is 0 Å². The molecule has 0 bridgehead atoms. The van der Waals surface area contributed by atoms with E-state index >= 15 is 0 Å². The van der Waals surface area contributed by atoms with Crippen molar-refractivity contribution in [3.05, 3.63) is 42.2 Å². The number of halogens is 1. The molecule has 3 heteroatoms. The van der Waals surface area contributed by atoms with Crippen LogP contribution in [0.15, 0.2) is 25.6 Å². The molecular weight excluding hydrogens is 179 g/mol. The summed E-state index contributed by atoms with van der Waals surface area (Å²) in [6, 6.07) is 1.98. The summed E-state index contributed by atoms with van der Waals surface area (Å²) >= 11 is 0. The average Bonchev–Trinajstić information content (AvgIpc) is 2.18. The molecule has 0 aliphatic carbocycles. The number of pyridine rings is 1. The molecule has 0 spiro atoms. The van der Waals surface area contributed by atoms with Gasteiger partial charge in [-0.1, -0.05) is 19.2 Å². The van der Waals surface area contributed by atoms with E-state index < -0.39 is 5.83 Å². The summed E-state index contributed by atoms with van der Waals surface area (Å²) in [5.74, 6) is -0.563. The first-order chi connectivity index (χ1) is 6.70. The zero-order valence-corrected chi connectivity index (χ0v) is 7.63. The minimum absolute atomic E-state index is 0.190. The van der Waals surface area contributed by atoms with Gasteiger partial charge in [0.2, 0.25) is 0 Å². The number of nitrogens with zero attached hydrogens (tertiary/aromatic N) is 2. The molecule has 14 heavy (non-hydrogen) atoms. The van der Waals surface area contributed by atoms with Crippen LogP contribution in [-0.4, -0.2) is 4.98 Å². The molecular formula is C11H9FN2. The minimum atomic E-state index is -0.563. The highest BCUT2D eigenvalue weighted by atomic mass is 19.1. The summed E-state index contributed by atoms with van der Waals surface area (Å²) in [7, 11) is 0. The van der Waals surface area contributed by atoms with E-state index in [9.17, 15) is 4.39 Å². The van der Waals surface area contributed by atoms with E-state index in [0.717, 1.165) is 0 Å². The molecule has 1 rings (SSSR count). The predicted molar refractivity (Wildman–Crippen MR) is 53.8 cm³/mol. The Morgan fingerprint density at radius 2 is 2.36 bits per heavy atom. The molecule has 0 amide bonds. The van der Waals surface area contributed by atoms with Crippen molar-refractivity contribution >= 4 is 11.9 Å². The van der Waals surface area contributed by atoms with E-state index in [1.54, 1.807) is 0 Å². The highest BCUT2D eigenvalue weighted by Gasteiger charge is 2.08. The van der Waals surface area contributed by atoms with Gasteiger partial charge < -0.3 is 0 Å². The van der Waals surface area contributed by atoms with Crippen LogP contribution in [0.5, 0.6) is 0 Å². The van der Waals surface area contributed by atoms with Crippen molar-refractivity contribution in [2.24, 2.45) is 0 Å². The van der Waals surface area contributed by atoms with E-state index in [2.05, 4.69) is 18.1 Å². The fraction of sp³-hybridized carbons (Fsp3) is 0.0909. The number of nitriles is 1. The van der Waals surface area contributed by atoms with Gasteiger partial charge in [0.05, 0.1) is 12.5 Å². The normalized spacial score (nSPS) is 9.14. The highest BCUT2D eigenvalue weighted by Crippen LogP contribution is 2.22. The van der Waals surface area contributed by atoms with E-state index in [1.165, 1.54) is 18.5 Å². The summed E-state index contributed by atoms with van der Waals surface area (Å²) in [5.41, 5.74) is 1.56. The summed E-state index contributed by atoms with van der Waals surface area (Å²) in [4.78, 5) is 3.83. The van der Waals surface area contributed by atoms with Crippen LogP contribution in [0, 0.1) is 11.3 Å². The number of hydrogen-bond donors (Lipinski definition) is 0. The minimum Gasteiger partial charge on any atom is -0.264 e. The van der Waals surface area contributed by atoms with Crippen molar-refractivity contribution in [3.8, 4) is 6.07 Å². The Morgan fingerprint density at radius 1 is 1.64 bits per heavy atom. The van der Waals surface area contributed by atoms with Gasteiger partial charge in [-0.2, -0.15) is 5.26 Å². The van der Waals surface area contributed by atoms with Gasteiger partial charge >= 0.3 is 0 Å². The standard InChI is InChI=1S/C11H9FN2/c1-3-10-9(4-5-13)6-14-7-11(10)8(2)12/h3,6-7H,1-2,4H2. The fourth-order valence-electron chi connectivity index (χ4n) is 1.20. The Balaban J connectivity index is 3.33. The quantitative estimate of drug-likeness (QED) is 0.731. The molecule has 1 aromatic rings. The molecule has 2 nitrogen and oxygen atoms in total. The van der Waals surface area contributed by atoms with Crippen LogP contribution in [0.3, 0.4) is 0 Å². The van der Waals surface area contributed by atoms with Crippen molar-refractivity contribution in [2.75, 3.05) is 0 Å². The first kappa shape index (κ1) is 10.1. The largest absolute Gasteiger partial charge is 0.264 e. The van der Waals surface area contributed by atoms with E-state index in [4.69, 9.17) is 5.26 Å². The average molecular weight is 188 g/mol. The van der Waals surface area contributed by atoms with Crippen LogP contribution < -0.4 is 0 Å². The second kappa shape index (κ2) is 4.33. The van der Waals surface area contributed by atoms with Crippen LogP contribution in [-0.2, 0) is 6.42 Å². The molecule has 1 aromatic heterocycles. The molecule has 0 N–H and O–H groups in total. The van der Waals surface area contributed by atoms with Crippen LogP contribution in [0.2, 0.25) is 0 Å². The highest BCUT2D eigenvalue weighted by molar-refractivity contribution is 5.70. The number of hydrogen-bond acceptors (Lipinski definition) is 2. The number of rotatable bonds is 3. The Morgan fingerprint density at radius 3 is 2.86 bits per heavy atom. The lowest BCUT2D eigenvalue weighted by Crippen LogP contribution is -1.94. The lowest BCUT2D eigenvalue weighted by atomic mass is 10.0. The van der Waals surface area contributed by atoms with Crippen LogP contribution >= 0.6 is 0 Å². The molecule has 0 aliphatic rings. The smallest absolute Gasteiger partial charge is 0.125 e. The van der Waals surface area contributed by atoms with E-state index in [0.29, 0.717) is 16.7 Å². The van der Waals surface area contributed by atoms with Gasteiger partial charge in [-0.15, -0.1) is 0 Å². The molecule has 0 aliphatic heterocycles. The van der Waals surface area contributed by atoms with E-state index in [-0.39, 0.29) is 6.42 Å². The van der Waals surface area contributed by atoms with Crippen molar-refractivity contribution in [1.29, 1.82) is 5.26 Å². The predicted octanol–water partition coefficient (Wildman–Crippen LogP) is 2.73. The number of aromatic nitrogens is 1. The second-order valence-electron chi connectivity index (χ2n) is 2.70. The zero-order valence-electron chi connectivity index (χ0n) is 7.63. The van der Waals surface area contributed by atoms with Gasteiger partial charge in [-0.3, -0.25) is 4.98 Å². The maximum absolute atomic E-state index is 12.9. The van der Waals surface area contributed by atoms with Crippen LogP contribution in [0.25, 0.3) is 11.9 Å². The van der Waals surface area contributed by atoms with Gasteiger partial charge in [0.1, 0.15) is 5.83 Å². The Bertz CT molecular complexity index is 416. The molecule has 0 fully saturated rings. The van der Waals surface area contributed by atoms with Crippen LogP contribution in [0.1, 0.15) is 16.7 Å². The molecule has 70 valence electrons. The summed E-state index contributed by atoms with van der Waals surface area (Å²) in [5, 5.41) is 8.54. The lowest BCUT2D eigenvalue weighted by molar-refractivity contribution is 0.761. The molecule has 0 aromatic carbocycles. The van der Waals surface area contributed by atoms with Crippen molar-refractivity contribution in [2.45, 2.75) is 6.42 Å². The molecule has 0 unspecified atom stereocenters. The third-order valence-electron chi connectivity index (χ3n) is 1.84. The summed E-state index contributed by atoms with van der Waals surface area (Å²) in [6.07, 6.45) is 4.61. The summed E-state index contributed by atoms with van der Waals surface area (Å²) in [6.45, 7) is 6.77. The van der Waals surface area contributed by atoms with Crippen molar-refractivity contribution < 1.29 is 4.39 Å². The summed E-state index contributed by atoms with van der Waals surface area (Å²) < 4.78 is 12.9. The third kappa shape index (κ3) is 1.86. The first-order valence-corrected chi connectivity index (χ1v) is 4.01. The molecule has 0 radical (unpaired) electrons. The van der Waals surface area contributed by atoms with Crippen molar-refractivity contribution in [3.63, 3.8) is 0 Å². The van der Waals surface area contributed by atoms with Gasteiger partial charge in [0.25, 0.3) is 0 Å². The molecule has 1 heterocycles. The van der Waals surface area contributed by atoms with E-state index in [1.807, 2.05) is 6.07 Å².